The van der Waals surface area contributed by atoms with Crippen LogP contribution in [0.1, 0.15) is 35.1 Å². The minimum Gasteiger partial charge on any atom is -0.271 e. The van der Waals surface area contributed by atoms with Crippen LogP contribution in [-0.4, -0.2) is 11.0 Å². The van der Waals surface area contributed by atoms with Crippen LogP contribution in [0.4, 0.5) is 0 Å². The number of rotatable bonds is 6. The van der Waals surface area contributed by atoms with E-state index in [0.29, 0.717) is 6.04 Å². The van der Waals surface area contributed by atoms with Gasteiger partial charge in [-0.3, -0.25) is 16.3 Å². The van der Waals surface area contributed by atoms with Crippen LogP contribution in [0.3, 0.4) is 0 Å². The van der Waals surface area contributed by atoms with E-state index >= 15 is 0 Å². The first kappa shape index (κ1) is 14.2. The van der Waals surface area contributed by atoms with E-state index in [9.17, 15) is 0 Å². The molecule has 0 radical (unpaired) electrons. The summed E-state index contributed by atoms with van der Waals surface area (Å²) in [5.74, 6) is 5.73. The molecule has 1 atom stereocenters. The molecule has 0 bridgehead atoms. The third-order valence-electron chi connectivity index (χ3n) is 4.38. The molecule has 1 aliphatic rings. The van der Waals surface area contributed by atoms with Crippen molar-refractivity contribution in [2.45, 2.75) is 44.6 Å². The fourth-order valence-corrected chi connectivity index (χ4v) is 3.17. The molecule has 2 aromatic rings. The topological polar surface area (TPSA) is 50.9 Å². The van der Waals surface area contributed by atoms with Gasteiger partial charge in [0.2, 0.25) is 0 Å². The van der Waals surface area contributed by atoms with Crippen LogP contribution in [0.15, 0.2) is 42.7 Å². The van der Waals surface area contributed by atoms with Crippen molar-refractivity contribution in [2.75, 3.05) is 0 Å². The fraction of sp³-hybridized carbons (Fsp3) is 0.389. The molecule has 3 nitrogen and oxygen atoms in total. The zero-order chi connectivity index (χ0) is 14.5. The number of nitrogens with zero attached hydrogens (tertiary/aromatic N) is 1. The van der Waals surface area contributed by atoms with Crippen molar-refractivity contribution in [2.24, 2.45) is 5.84 Å². The number of benzene rings is 1. The van der Waals surface area contributed by atoms with Crippen LogP contribution in [-0.2, 0) is 25.7 Å². The van der Waals surface area contributed by atoms with Gasteiger partial charge in [-0.2, -0.15) is 0 Å². The summed E-state index contributed by atoms with van der Waals surface area (Å²) < 4.78 is 0. The highest BCUT2D eigenvalue weighted by molar-refractivity contribution is 5.35. The Morgan fingerprint density at radius 3 is 2.86 bits per heavy atom. The molecule has 1 aliphatic carbocycles. The Kier molecular flexibility index (Phi) is 4.63. The van der Waals surface area contributed by atoms with Gasteiger partial charge in [-0.05, 0) is 66.8 Å². The van der Waals surface area contributed by atoms with Gasteiger partial charge in [0.05, 0.1) is 0 Å². The normalized spacial score (nSPS) is 14.9. The first-order chi connectivity index (χ1) is 10.3. The molecule has 0 aliphatic heterocycles. The Morgan fingerprint density at radius 1 is 1.14 bits per heavy atom. The van der Waals surface area contributed by atoms with E-state index in [1.54, 1.807) is 0 Å². The average Bonchev–Trinajstić information content (AvgIpc) is 3.00. The Hall–Kier alpha value is -1.71. The SMILES string of the molecule is NNC(CCc1cccnc1)Cc1ccc2c(c1)CCC2. The molecule has 3 N–H and O–H groups in total. The summed E-state index contributed by atoms with van der Waals surface area (Å²) in [6.07, 6.45) is 10.6. The summed E-state index contributed by atoms with van der Waals surface area (Å²) in [6.45, 7) is 0. The maximum atomic E-state index is 5.73. The molecule has 0 amide bonds. The van der Waals surface area contributed by atoms with Crippen molar-refractivity contribution in [3.05, 3.63) is 65.0 Å². The van der Waals surface area contributed by atoms with Gasteiger partial charge >= 0.3 is 0 Å². The van der Waals surface area contributed by atoms with Crippen molar-refractivity contribution in [3.63, 3.8) is 0 Å². The predicted molar refractivity (Wildman–Crippen MR) is 85.8 cm³/mol. The third kappa shape index (κ3) is 3.69. The summed E-state index contributed by atoms with van der Waals surface area (Å²) in [7, 11) is 0. The van der Waals surface area contributed by atoms with Crippen molar-refractivity contribution in [3.8, 4) is 0 Å². The third-order valence-corrected chi connectivity index (χ3v) is 4.38. The fourth-order valence-electron chi connectivity index (χ4n) is 3.17. The lowest BCUT2D eigenvalue weighted by Crippen LogP contribution is -2.37. The van der Waals surface area contributed by atoms with Crippen LogP contribution in [0.2, 0.25) is 0 Å². The monoisotopic (exact) mass is 281 g/mol. The van der Waals surface area contributed by atoms with E-state index in [1.807, 2.05) is 18.5 Å². The van der Waals surface area contributed by atoms with E-state index < -0.39 is 0 Å². The molecular weight excluding hydrogens is 258 g/mol. The molecule has 3 heteroatoms. The van der Waals surface area contributed by atoms with Gasteiger partial charge in [-0.25, -0.2) is 0 Å². The lowest BCUT2D eigenvalue weighted by Gasteiger charge is -2.16. The Labute approximate surface area is 126 Å². The Bertz CT molecular complexity index is 580. The number of hydrogen-bond donors (Lipinski definition) is 2. The van der Waals surface area contributed by atoms with Gasteiger partial charge in [0.25, 0.3) is 0 Å². The molecular formula is C18H23N3. The largest absolute Gasteiger partial charge is 0.271 e. The van der Waals surface area contributed by atoms with E-state index in [-0.39, 0.29) is 0 Å². The highest BCUT2D eigenvalue weighted by Gasteiger charge is 2.13. The molecule has 1 heterocycles. The molecule has 0 saturated heterocycles. The van der Waals surface area contributed by atoms with Crippen LogP contribution < -0.4 is 11.3 Å². The van der Waals surface area contributed by atoms with E-state index in [1.165, 1.54) is 41.5 Å². The minimum absolute atomic E-state index is 0.310. The van der Waals surface area contributed by atoms with Crippen molar-refractivity contribution in [1.29, 1.82) is 0 Å². The van der Waals surface area contributed by atoms with Crippen LogP contribution in [0.5, 0.6) is 0 Å². The van der Waals surface area contributed by atoms with Gasteiger partial charge in [-0.15, -0.1) is 0 Å². The predicted octanol–water partition coefficient (Wildman–Crippen LogP) is 2.58. The van der Waals surface area contributed by atoms with Gasteiger partial charge in [0, 0.05) is 18.4 Å². The molecule has 0 saturated carbocycles. The molecule has 1 aromatic heterocycles. The minimum atomic E-state index is 0.310. The van der Waals surface area contributed by atoms with Crippen molar-refractivity contribution >= 4 is 0 Å². The number of pyridine rings is 1. The maximum Gasteiger partial charge on any atom is 0.0299 e. The van der Waals surface area contributed by atoms with Gasteiger partial charge < -0.3 is 0 Å². The number of fused-ring (bicyclic) bond motifs is 1. The molecule has 0 fully saturated rings. The summed E-state index contributed by atoms with van der Waals surface area (Å²) >= 11 is 0. The number of hydrogen-bond acceptors (Lipinski definition) is 3. The first-order valence-corrected chi connectivity index (χ1v) is 7.81. The Balaban J connectivity index is 1.59. The number of aromatic nitrogens is 1. The zero-order valence-corrected chi connectivity index (χ0v) is 12.4. The zero-order valence-electron chi connectivity index (χ0n) is 12.4. The highest BCUT2D eigenvalue weighted by Crippen LogP contribution is 2.23. The van der Waals surface area contributed by atoms with Crippen LogP contribution in [0.25, 0.3) is 0 Å². The second-order valence-corrected chi connectivity index (χ2v) is 5.92. The molecule has 21 heavy (non-hydrogen) atoms. The molecule has 3 rings (SSSR count). The molecule has 1 unspecified atom stereocenters. The van der Waals surface area contributed by atoms with Crippen LogP contribution >= 0.6 is 0 Å². The lowest BCUT2D eigenvalue weighted by molar-refractivity contribution is 0.491. The van der Waals surface area contributed by atoms with Crippen LogP contribution in [0, 0.1) is 0 Å². The highest BCUT2D eigenvalue weighted by atomic mass is 15.2. The summed E-state index contributed by atoms with van der Waals surface area (Å²) in [4.78, 5) is 4.16. The quantitative estimate of drug-likeness (QED) is 0.632. The van der Waals surface area contributed by atoms with Gasteiger partial charge in [0.15, 0.2) is 0 Å². The number of nitrogens with one attached hydrogen (secondary N) is 1. The van der Waals surface area contributed by atoms with Crippen molar-refractivity contribution < 1.29 is 0 Å². The summed E-state index contributed by atoms with van der Waals surface area (Å²) in [5, 5.41) is 0. The van der Waals surface area contributed by atoms with E-state index in [4.69, 9.17) is 5.84 Å². The first-order valence-electron chi connectivity index (χ1n) is 7.81. The smallest absolute Gasteiger partial charge is 0.0299 e. The van der Waals surface area contributed by atoms with Crippen molar-refractivity contribution in [1.82, 2.24) is 10.4 Å². The lowest BCUT2D eigenvalue weighted by atomic mass is 9.97. The van der Waals surface area contributed by atoms with Gasteiger partial charge in [0.1, 0.15) is 0 Å². The van der Waals surface area contributed by atoms with E-state index in [2.05, 4.69) is 34.7 Å². The number of aryl methyl sites for hydroxylation is 3. The maximum absolute atomic E-state index is 5.73. The molecule has 1 aromatic carbocycles. The summed E-state index contributed by atoms with van der Waals surface area (Å²) in [5.41, 5.74) is 8.70. The number of nitrogens with two attached hydrogens (primary N) is 1. The standard InChI is InChI=1S/C18H23N3/c19-21-18(9-7-14-3-2-10-20-13-14)12-15-6-8-16-4-1-5-17(16)11-15/h2-3,6,8,10-11,13,18,21H,1,4-5,7,9,12,19H2. The molecule has 110 valence electrons. The average molecular weight is 281 g/mol. The Morgan fingerprint density at radius 2 is 2.05 bits per heavy atom. The second kappa shape index (κ2) is 6.83. The second-order valence-electron chi connectivity index (χ2n) is 5.92. The summed E-state index contributed by atoms with van der Waals surface area (Å²) in [6, 6.07) is 11.3. The van der Waals surface area contributed by atoms with Gasteiger partial charge in [-0.1, -0.05) is 24.3 Å². The molecule has 0 spiro atoms. The number of hydrazine groups is 1. The van der Waals surface area contributed by atoms with E-state index in [0.717, 1.165) is 19.3 Å².